The van der Waals surface area contributed by atoms with E-state index in [1.807, 2.05) is 30.4 Å². The molecule has 128 valence electrons. The van der Waals surface area contributed by atoms with Crippen molar-refractivity contribution in [2.24, 2.45) is 5.41 Å². The lowest BCUT2D eigenvalue weighted by molar-refractivity contribution is -0.156. The molecule has 0 fully saturated rings. The molecule has 0 aliphatic rings. The summed E-state index contributed by atoms with van der Waals surface area (Å²) in [5.74, 6) is -0.714. The van der Waals surface area contributed by atoms with Gasteiger partial charge in [0.1, 0.15) is 5.41 Å². The fourth-order valence-electron chi connectivity index (χ4n) is 2.13. The Balaban J connectivity index is 2.59. The van der Waals surface area contributed by atoms with E-state index < -0.39 is 11.4 Å². The van der Waals surface area contributed by atoms with Crippen molar-refractivity contribution in [3.63, 3.8) is 0 Å². The smallest absolute Gasteiger partial charge is 0.319 e. The van der Waals surface area contributed by atoms with E-state index in [4.69, 9.17) is 4.74 Å². The van der Waals surface area contributed by atoms with Crippen molar-refractivity contribution < 1.29 is 14.3 Å². The normalized spacial score (nSPS) is 12.8. The molecule has 0 heterocycles. The molecule has 0 saturated carbocycles. The summed E-state index contributed by atoms with van der Waals surface area (Å²) < 4.78 is 4.96. The molecule has 3 nitrogen and oxygen atoms in total. The Hall–Kier alpha value is -2.42. The molecule has 0 aliphatic heterocycles. The summed E-state index contributed by atoms with van der Waals surface area (Å²) in [7, 11) is 0. The van der Waals surface area contributed by atoms with Gasteiger partial charge in [-0.2, -0.15) is 0 Å². The molecule has 1 aromatic rings. The van der Waals surface area contributed by atoms with Gasteiger partial charge in [0, 0.05) is 0 Å². The molecule has 1 aromatic carbocycles. The van der Waals surface area contributed by atoms with Crippen LogP contribution in [0, 0.1) is 5.41 Å². The van der Waals surface area contributed by atoms with Gasteiger partial charge >= 0.3 is 5.97 Å². The van der Waals surface area contributed by atoms with Gasteiger partial charge in [-0.1, -0.05) is 60.7 Å². The zero-order valence-corrected chi connectivity index (χ0v) is 14.9. The molecular formula is C21H26O3. The molecule has 0 N–H and O–H groups in total. The predicted octanol–water partition coefficient (Wildman–Crippen LogP) is 4.45. The first kappa shape index (κ1) is 19.6. The van der Waals surface area contributed by atoms with E-state index in [1.165, 1.54) is 5.56 Å². The molecule has 24 heavy (non-hydrogen) atoms. The fourth-order valence-corrected chi connectivity index (χ4v) is 2.13. The standard InChI is InChI=1S/C21H26O3/c1-5-24-20(23)21(3,4)19(22)17(2)13-9-6-7-10-14-18-15-11-8-12-16-18/h6-13,15-16H,5,14H2,1-4H3/b9-6+,10-7+,17-13+. The zero-order chi connectivity index (χ0) is 18.0. The molecule has 0 aliphatic carbocycles. The quantitative estimate of drug-likeness (QED) is 0.307. The van der Waals surface area contributed by atoms with Gasteiger partial charge in [-0.25, -0.2) is 0 Å². The number of ketones is 1. The minimum atomic E-state index is -1.16. The van der Waals surface area contributed by atoms with E-state index in [1.54, 1.807) is 39.8 Å². The highest BCUT2D eigenvalue weighted by Crippen LogP contribution is 2.23. The van der Waals surface area contributed by atoms with Crippen LogP contribution in [-0.2, 0) is 20.7 Å². The molecule has 0 aromatic heterocycles. The molecular weight excluding hydrogens is 300 g/mol. The molecule has 0 spiro atoms. The van der Waals surface area contributed by atoms with Gasteiger partial charge in [0.05, 0.1) is 6.61 Å². The van der Waals surface area contributed by atoms with Crippen LogP contribution in [0.4, 0.5) is 0 Å². The topological polar surface area (TPSA) is 43.4 Å². The van der Waals surface area contributed by atoms with Crippen LogP contribution in [0.25, 0.3) is 0 Å². The van der Waals surface area contributed by atoms with Crippen molar-refractivity contribution in [3.8, 4) is 0 Å². The number of allylic oxidation sites excluding steroid dienone is 6. The summed E-state index contributed by atoms with van der Waals surface area (Å²) in [6.07, 6.45) is 10.3. The monoisotopic (exact) mass is 326 g/mol. The Labute approximate surface area is 144 Å². The molecule has 1 rings (SSSR count). The van der Waals surface area contributed by atoms with Crippen molar-refractivity contribution in [1.82, 2.24) is 0 Å². The number of esters is 1. The van der Waals surface area contributed by atoms with E-state index in [9.17, 15) is 9.59 Å². The molecule has 3 heteroatoms. The maximum Gasteiger partial charge on any atom is 0.319 e. The molecule has 0 atom stereocenters. The van der Waals surface area contributed by atoms with Crippen molar-refractivity contribution >= 4 is 11.8 Å². The second-order valence-electron chi connectivity index (χ2n) is 6.03. The second-order valence-corrected chi connectivity index (χ2v) is 6.03. The van der Waals surface area contributed by atoms with Crippen LogP contribution in [0.5, 0.6) is 0 Å². The third-order valence-electron chi connectivity index (χ3n) is 3.61. The van der Waals surface area contributed by atoms with Crippen molar-refractivity contribution in [2.75, 3.05) is 6.61 Å². The minimum absolute atomic E-state index is 0.223. The van der Waals surface area contributed by atoms with E-state index in [0.29, 0.717) is 5.57 Å². The Kier molecular flexibility index (Phi) is 7.90. The number of carbonyl (C=O) groups is 2. The van der Waals surface area contributed by atoms with Gasteiger partial charge in [0.25, 0.3) is 0 Å². The van der Waals surface area contributed by atoms with Crippen molar-refractivity contribution in [3.05, 3.63) is 71.8 Å². The lowest BCUT2D eigenvalue weighted by atomic mass is 9.84. The molecule has 0 radical (unpaired) electrons. The molecule has 0 amide bonds. The van der Waals surface area contributed by atoms with E-state index in [2.05, 4.69) is 18.2 Å². The van der Waals surface area contributed by atoms with Crippen LogP contribution in [0.15, 0.2) is 66.3 Å². The lowest BCUT2D eigenvalue weighted by Crippen LogP contribution is -2.35. The first-order valence-electron chi connectivity index (χ1n) is 8.15. The number of hydrogen-bond acceptors (Lipinski definition) is 3. The van der Waals surface area contributed by atoms with E-state index in [-0.39, 0.29) is 12.4 Å². The number of ether oxygens (including phenoxy) is 1. The third kappa shape index (κ3) is 5.99. The summed E-state index contributed by atoms with van der Waals surface area (Å²) >= 11 is 0. The summed E-state index contributed by atoms with van der Waals surface area (Å²) in [5.41, 5.74) is 0.620. The maximum atomic E-state index is 12.4. The first-order chi connectivity index (χ1) is 11.4. The van der Waals surface area contributed by atoms with Gasteiger partial charge in [0.2, 0.25) is 0 Å². The highest BCUT2D eigenvalue weighted by Gasteiger charge is 2.37. The van der Waals surface area contributed by atoms with Gasteiger partial charge < -0.3 is 4.74 Å². The minimum Gasteiger partial charge on any atom is -0.465 e. The third-order valence-corrected chi connectivity index (χ3v) is 3.61. The van der Waals surface area contributed by atoms with Crippen LogP contribution < -0.4 is 0 Å². The Bertz CT molecular complexity index is 634. The van der Waals surface area contributed by atoms with Gasteiger partial charge in [0.15, 0.2) is 5.78 Å². The summed E-state index contributed by atoms with van der Waals surface area (Å²) in [5, 5.41) is 0. The number of Topliss-reactive ketones (excluding diaryl/α,β-unsaturated/α-hetero) is 1. The van der Waals surface area contributed by atoms with Crippen molar-refractivity contribution in [1.29, 1.82) is 0 Å². The number of hydrogen-bond donors (Lipinski definition) is 0. The Morgan fingerprint density at radius 3 is 2.38 bits per heavy atom. The maximum absolute atomic E-state index is 12.4. The highest BCUT2D eigenvalue weighted by molar-refractivity contribution is 6.11. The lowest BCUT2D eigenvalue weighted by Gasteiger charge is -2.20. The van der Waals surface area contributed by atoms with Crippen molar-refractivity contribution in [2.45, 2.75) is 34.1 Å². The highest BCUT2D eigenvalue weighted by atomic mass is 16.5. The summed E-state index contributed by atoms with van der Waals surface area (Å²) in [6.45, 7) is 6.89. The second kappa shape index (κ2) is 9.66. The fraction of sp³-hybridized carbons (Fsp3) is 0.333. The van der Waals surface area contributed by atoms with E-state index in [0.717, 1.165) is 6.42 Å². The van der Waals surface area contributed by atoms with Crippen LogP contribution in [0.2, 0.25) is 0 Å². The van der Waals surface area contributed by atoms with Crippen LogP contribution >= 0.6 is 0 Å². The summed E-state index contributed by atoms with van der Waals surface area (Å²) in [4.78, 5) is 24.2. The average Bonchev–Trinajstić information content (AvgIpc) is 2.58. The van der Waals surface area contributed by atoms with E-state index >= 15 is 0 Å². The van der Waals surface area contributed by atoms with Crippen LogP contribution in [0.3, 0.4) is 0 Å². The first-order valence-corrected chi connectivity index (χ1v) is 8.15. The molecule has 0 saturated heterocycles. The number of rotatable bonds is 8. The van der Waals surface area contributed by atoms with Gasteiger partial charge in [-0.15, -0.1) is 0 Å². The van der Waals surface area contributed by atoms with Crippen LogP contribution in [-0.4, -0.2) is 18.4 Å². The Morgan fingerprint density at radius 1 is 1.08 bits per heavy atom. The largest absolute Gasteiger partial charge is 0.465 e. The summed E-state index contributed by atoms with van der Waals surface area (Å²) in [6, 6.07) is 10.2. The Morgan fingerprint density at radius 2 is 1.75 bits per heavy atom. The SMILES string of the molecule is CCOC(=O)C(C)(C)C(=O)/C(C)=C/C=C/C=C/Cc1ccccc1. The van der Waals surface area contributed by atoms with Gasteiger partial charge in [-0.05, 0) is 45.3 Å². The van der Waals surface area contributed by atoms with Gasteiger partial charge in [-0.3, -0.25) is 9.59 Å². The number of benzene rings is 1. The average molecular weight is 326 g/mol. The number of carbonyl (C=O) groups excluding carboxylic acids is 2. The zero-order valence-electron chi connectivity index (χ0n) is 14.9. The molecule has 0 unspecified atom stereocenters. The molecule has 0 bridgehead atoms. The van der Waals surface area contributed by atoms with Crippen LogP contribution in [0.1, 0.15) is 33.3 Å². The predicted molar refractivity (Wildman–Crippen MR) is 97.6 cm³/mol.